The molecule has 0 saturated heterocycles. The summed E-state index contributed by atoms with van der Waals surface area (Å²) in [5, 5.41) is 11.6. The topological polar surface area (TPSA) is 112 Å². The van der Waals surface area contributed by atoms with Gasteiger partial charge in [0.15, 0.2) is 0 Å². The van der Waals surface area contributed by atoms with Crippen molar-refractivity contribution in [3.05, 3.63) is 89.4 Å². The quantitative estimate of drug-likeness (QED) is 0.597. The van der Waals surface area contributed by atoms with Crippen LogP contribution < -0.4 is 10.0 Å². The smallest absolute Gasteiger partial charge is 0.252 e. The number of nitrogens with zero attached hydrogens (tertiary/aromatic N) is 1. The number of sulfonamides is 1. The normalized spacial score (nSPS) is 12.2. The zero-order chi connectivity index (χ0) is 21.7. The van der Waals surface area contributed by atoms with Crippen LogP contribution in [0.15, 0.2) is 70.2 Å². The van der Waals surface area contributed by atoms with Crippen molar-refractivity contribution in [3.8, 4) is 6.07 Å². The van der Waals surface area contributed by atoms with Crippen LogP contribution in [0.5, 0.6) is 0 Å². The van der Waals surface area contributed by atoms with Crippen molar-refractivity contribution < 1.29 is 26.4 Å². The highest BCUT2D eigenvalue weighted by Gasteiger charge is 2.20. The summed E-state index contributed by atoms with van der Waals surface area (Å²) in [4.78, 5) is 12.3. The minimum atomic E-state index is -3.84. The first-order chi connectivity index (χ1) is 14.3. The maximum atomic E-state index is 13.9. The fourth-order valence-corrected chi connectivity index (χ4v) is 3.57. The molecule has 0 spiro atoms. The largest absolute Gasteiger partial charge is 0.468 e. The van der Waals surface area contributed by atoms with Crippen molar-refractivity contribution in [2.24, 2.45) is 0 Å². The predicted octanol–water partition coefficient (Wildman–Crippen LogP) is 3.03. The molecule has 10 heteroatoms. The van der Waals surface area contributed by atoms with E-state index >= 15 is 0 Å². The molecule has 1 atom stereocenters. The number of benzene rings is 2. The molecule has 3 aromatic rings. The molecule has 0 aliphatic rings. The van der Waals surface area contributed by atoms with Gasteiger partial charge in [0.05, 0.1) is 23.8 Å². The molecule has 154 valence electrons. The van der Waals surface area contributed by atoms with Gasteiger partial charge in [-0.2, -0.15) is 5.26 Å². The molecular weight excluding hydrogens is 416 g/mol. The molecule has 7 nitrogen and oxygen atoms in total. The predicted molar refractivity (Wildman–Crippen MR) is 101 cm³/mol. The third kappa shape index (κ3) is 4.89. The Morgan fingerprint density at radius 2 is 1.87 bits per heavy atom. The number of carbonyl (C=O) groups excluding carboxylic acids is 1. The maximum Gasteiger partial charge on any atom is 0.252 e. The van der Waals surface area contributed by atoms with Gasteiger partial charge in [-0.15, -0.1) is 0 Å². The average molecular weight is 431 g/mol. The summed E-state index contributed by atoms with van der Waals surface area (Å²) in [5.41, 5.74) is -0.128. The lowest BCUT2D eigenvalue weighted by atomic mass is 10.1. The molecule has 0 saturated carbocycles. The third-order valence-electron chi connectivity index (χ3n) is 4.12. The zero-order valence-corrected chi connectivity index (χ0v) is 16.1. The maximum absolute atomic E-state index is 13.9. The Labute approximate surface area is 171 Å². The van der Waals surface area contributed by atoms with Gasteiger partial charge in [0, 0.05) is 17.2 Å². The van der Waals surface area contributed by atoms with Crippen molar-refractivity contribution in [1.82, 2.24) is 10.0 Å². The molecule has 0 bridgehead atoms. The minimum Gasteiger partial charge on any atom is -0.468 e. The van der Waals surface area contributed by atoms with Gasteiger partial charge in [-0.3, -0.25) is 4.79 Å². The monoisotopic (exact) mass is 431 g/mol. The molecule has 0 fully saturated rings. The van der Waals surface area contributed by atoms with Crippen molar-refractivity contribution in [3.63, 3.8) is 0 Å². The van der Waals surface area contributed by atoms with E-state index in [1.807, 2.05) is 0 Å². The number of furan rings is 1. The first-order valence-corrected chi connectivity index (χ1v) is 10.1. The number of nitrogens with one attached hydrogen (secondary N) is 2. The Kier molecular flexibility index (Phi) is 6.25. The van der Waals surface area contributed by atoms with E-state index < -0.39 is 33.6 Å². The zero-order valence-electron chi connectivity index (χ0n) is 15.3. The summed E-state index contributed by atoms with van der Waals surface area (Å²) >= 11 is 0. The molecule has 0 aliphatic carbocycles. The van der Waals surface area contributed by atoms with E-state index in [-0.39, 0.29) is 22.6 Å². The van der Waals surface area contributed by atoms with Crippen molar-refractivity contribution >= 4 is 15.9 Å². The van der Waals surface area contributed by atoms with Gasteiger partial charge in [-0.25, -0.2) is 21.9 Å². The van der Waals surface area contributed by atoms with Crippen LogP contribution in [0, 0.1) is 23.0 Å². The molecule has 0 aliphatic heterocycles. The summed E-state index contributed by atoms with van der Waals surface area (Å²) < 4.78 is 59.0. The summed E-state index contributed by atoms with van der Waals surface area (Å²) in [6.07, 6.45) is 1.42. The van der Waals surface area contributed by atoms with Gasteiger partial charge >= 0.3 is 0 Å². The van der Waals surface area contributed by atoms with Gasteiger partial charge in [0.25, 0.3) is 5.91 Å². The molecule has 1 amide bonds. The van der Waals surface area contributed by atoms with Gasteiger partial charge in [-0.05, 0) is 42.5 Å². The van der Waals surface area contributed by atoms with E-state index in [1.54, 1.807) is 18.2 Å². The number of rotatable bonds is 7. The lowest BCUT2D eigenvalue weighted by Gasteiger charge is -2.13. The third-order valence-corrected chi connectivity index (χ3v) is 5.54. The molecule has 3 rings (SSSR count). The van der Waals surface area contributed by atoms with Crippen LogP contribution in [-0.2, 0) is 16.6 Å². The second-order valence-electron chi connectivity index (χ2n) is 6.13. The fraction of sp³-hybridized carbons (Fsp3) is 0.100. The van der Waals surface area contributed by atoms with E-state index in [2.05, 4.69) is 10.0 Å². The van der Waals surface area contributed by atoms with Gasteiger partial charge in [-0.1, -0.05) is 6.07 Å². The van der Waals surface area contributed by atoms with Gasteiger partial charge in [0.2, 0.25) is 10.0 Å². The highest BCUT2D eigenvalue weighted by molar-refractivity contribution is 7.89. The SMILES string of the molecule is N#CC(NC(=O)c1ccc(S(=O)(=O)NCc2ccco2)cc1)c1ccc(F)cc1F. The van der Waals surface area contributed by atoms with Crippen LogP contribution in [0.1, 0.15) is 27.7 Å². The summed E-state index contributed by atoms with van der Waals surface area (Å²) in [6.45, 7) is -0.0370. The van der Waals surface area contributed by atoms with Crippen molar-refractivity contribution in [1.29, 1.82) is 5.26 Å². The van der Waals surface area contributed by atoms with E-state index in [0.717, 1.165) is 12.1 Å². The molecule has 2 aromatic carbocycles. The molecular formula is C20H15F2N3O4S. The number of hydrogen-bond acceptors (Lipinski definition) is 5. The Bertz CT molecular complexity index is 1190. The Balaban J connectivity index is 1.70. The highest BCUT2D eigenvalue weighted by Crippen LogP contribution is 2.19. The van der Waals surface area contributed by atoms with Crippen LogP contribution in [0.2, 0.25) is 0 Å². The fourth-order valence-electron chi connectivity index (χ4n) is 2.58. The van der Waals surface area contributed by atoms with Crippen LogP contribution in [0.3, 0.4) is 0 Å². The Morgan fingerprint density at radius 3 is 2.47 bits per heavy atom. The highest BCUT2D eigenvalue weighted by atomic mass is 32.2. The summed E-state index contributed by atoms with van der Waals surface area (Å²) in [5.74, 6) is -2.06. The summed E-state index contributed by atoms with van der Waals surface area (Å²) in [6, 6.07) is 11.2. The second kappa shape index (κ2) is 8.86. The van der Waals surface area contributed by atoms with Crippen LogP contribution in [0.25, 0.3) is 0 Å². The molecule has 1 heterocycles. The second-order valence-corrected chi connectivity index (χ2v) is 7.90. The lowest BCUT2D eigenvalue weighted by molar-refractivity contribution is 0.0944. The first kappa shape index (κ1) is 21.2. The molecule has 2 N–H and O–H groups in total. The van der Waals surface area contributed by atoms with Crippen LogP contribution in [-0.4, -0.2) is 14.3 Å². The number of carbonyl (C=O) groups is 1. The first-order valence-electron chi connectivity index (χ1n) is 8.57. The van der Waals surface area contributed by atoms with E-state index in [9.17, 15) is 27.3 Å². The molecule has 0 radical (unpaired) electrons. The number of amides is 1. The van der Waals surface area contributed by atoms with E-state index in [0.29, 0.717) is 11.8 Å². The lowest BCUT2D eigenvalue weighted by Crippen LogP contribution is -2.28. The van der Waals surface area contributed by atoms with Gasteiger partial charge in [0.1, 0.15) is 23.4 Å². The van der Waals surface area contributed by atoms with Crippen LogP contribution in [0.4, 0.5) is 8.78 Å². The molecule has 1 unspecified atom stereocenters. The summed E-state index contributed by atoms with van der Waals surface area (Å²) in [7, 11) is -3.84. The van der Waals surface area contributed by atoms with E-state index in [1.165, 1.54) is 30.5 Å². The average Bonchev–Trinajstić information content (AvgIpc) is 3.25. The van der Waals surface area contributed by atoms with Crippen molar-refractivity contribution in [2.75, 3.05) is 0 Å². The Morgan fingerprint density at radius 1 is 1.13 bits per heavy atom. The van der Waals surface area contributed by atoms with E-state index in [4.69, 9.17) is 4.42 Å². The number of hydrogen-bond donors (Lipinski definition) is 2. The number of halogens is 2. The minimum absolute atomic E-state index is 0.0370. The van der Waals surface area contributed by atoms with Crippen molar-refractivity contribution in [2.45, 2.75) is 17.5 Å². The Hall–Kier alpha value is -3.55. The van der Waals surface area contributed by atoms with Gasteiger partial charge < -0.3 is 9.73 Å². The number of nitriles is 1. The molecule has 1 aromatic heterocycles. The standard InChI is InChI=1S/C20H15F2N3O4S/c21-14-5-8-17(18(22)10-14)19(11-23)25-20(26)13-3-6-16(7-4-13)30(27,28)24-12-15-2-1-9-29-15/h1-10,19,24H,12H2,(H,25,26). The molecule has 30 heavy (non-hydrogen) atoms. The van der Waals surface area contributed by atoms with Crippen LogP contribution >= 0.6 is 0 Å².